The minimum atomic E-state index is -3.45. The van der Waals surface area contributed by atoms with E-state index in [0.717, 1.165) is 12.0 Å². The van der Waals surface area contributed by atoms with Gasteiger partial charge < -0.3 is 0 Å². The molecule has 1 aliphatic rings. The molecule has 1 aromatic carbocycles. The van der Waals surface area contributed by atoms with Crippen LogP contribution in [0.1, 0.15) is 42.4 Å². The lowest BCUT2D eigenvalue weighted by atomic mass is 9.83. The van der Waals surface area contributed by atoms with Gasteiger partial charge in [-0.1, -0.05) is 25.1 Å². The summed E-state index contributed by atoms with van der Waals surface area (Å²) in [5, 5.41) is 0. The van der Waals surface area contributed by atoms with Crippen LogP contribution in [-0.4, -0.2) is 8.42 Å². The predicted molar refractivity (Wildman–Crippen MR) is 66.3 cm³/mol. The molecule has 0 radical (unpaired) electrons. The fourth-order valence-electron chi connectivity index (χ4n) is 2.37. The summed E-state index contributed by atoms with van der Waals surface area (Å²) in [7, 11) is 1.81. The molecular weight excluding hydrogens is 244 g/mol. The molecule has 0 amide bonds. The van der Waals surface area contributed by atoms with Gasteiger partial charge >= 0.3 is 0 Å². The number of aryl methyl sites for hydroxylation is 1. The van der Waals surface area contributed by atoms with Crippen LogP contribution < -0.4 is 0 Å². The molecule has 0 aromatic heterocycles. The number of halogens is 1. The summed E-state index contributed by atoms with van der Waals surface area (Å²) in [5.41, 5.74) is 3.45. The Labute approximate surface area is 101 Å². The first-order valence-corrected chi connectivity index (χ1v) is 7.97. The van der Waals surface area contributed by atoms with Gasteiger partial charge in [0.25, 0.3) is 0 Å². The van der Waals surface area contributed by atoms with Gasteiger partial charge in [-0.15, -0.1) is 0 Å². The van der Waals surface area contributed by atoms with Crippen molar-refractivity contribution in [2.45, 2.75) is 37.9 Å². The number of hydrogen-bond donors (Lipinski definition) is 0. The van der Waals surface area contributed by atoms with E-state index in [4.69, 9.17) is 10.7 Å². The van der Waals surface area contributed by atoms with E-state index in [2.05, 4.69) is 6.92 Å². The zero-order valence-electron chi connectivity index (χ0n) is 9.24. The van der Waals surface area contributed by atoms with Crippen LogP contribution in [0.15, 0.2) is 18.2 Å². The van der Waals surface area contributed by atoms with Gasteiger partial charge in [-0.25, -0.2) is 8.42 Å². The third-order valence-electron chi connectivity index (χ3n) is 3.16. The molecule has 0 saturated carbocycles. The highest BCUT2D eigenvalue weighted by Crippen LogP contribution is 2.32. The van der Waals surface area contributed by atoms with Crippen LogP contribution in [0.25, 0.3) is 0 Å². The van der Waals surface area contributed by atoms with Gasteiger partial charge in [-0.05, 0) is 41.9 Å². The van der Waals surface area contributed by atoms with Crippen LogP contribution in [0.3, 0.4) is 0 Å². The highest BCUT2D eigenvalue weighted by atomic mass is 35.7. The molecule has 0 N–H and O–H groups in total. The topological polar surface area (TPSA) is 34.1 Å². The van der Waals surface area contributed by atoms with Gasteiger partial charge in [0.05, 0.1) is 5.75 Å². The molecule has 0 heterocycles. The maximum absolute atomic E-state index is 11.0. The molecule has 2 rings (SSSR count). The molecule has 0 aliphatic heterocycles. The van der Waals surface area contributed by atoms with E-state index < -0.39 is 9.05 Å². The van der Waals surface area contributed by atoms with E-state index in [-0.39, 0.29) is 5.75 Å². The molecule has 0 spiro atoms. The van der Waals surface area contributed by atoms with Crippen molar-refractivity contribution < 1.29 is 8.42 Å². The molecule has 1 aliphatic carbocycles. The Bertz CT molecular complexity index is 494. The lowest BCUT2D eigenvalue weighted by molar-refractivity contribution is 0.589. The number of rotatable bonds is 2. The Kier molecular flexibility index (Phi) is 3.27. The molecule has 1 aromatic rings. The SMILES string of the molecule is CC1CCCc2ccc(CS(=O)(=O)Cl)cc21. The van der Waals surface area contributed by atoms with E-state index >= 15 is 0 Å². The molecule has 88 valence electrons. The zero-order valence-corrected chi connectivity index (χ0v) is 10.8. The van der Waals surface area contributed by atoms with Gasteiger partial charge in [0.2, 0.25) is 9.05 Å². The molecule has 4 heteroatoms. The van der Waals surface area contributed by atoms with Crippen LogP contribution in [0.5, 0.6) is 0 Å². The maximum Gasteiger partial charge on any atom is 0.236 e. The van der Waals surface area contributed by atoms with Gasteiger partial charge in [0.15, 0.2) is 0 Å². The Morgan fingerprint density at radius 3 is 2.88 bits per heavy atom. The largest absolute Gasteiger partial charge is 0.236 e. The van der Waals surface area contributed by atoms with Crippen LogP contribution in [0, 0.1) is 0 Å². The van der Waals surface area contributed by atoms with Gasteiger partial charge in [0, 0.05) is 10.7 Å². The van der Waals surface area contributed by atoms with Gasteiger partial charge in [-0.2, -0.15) is 0 Å². The molecule has 0 saturated heterocycles. The van der Waals surface area contributed by atoms with Crippen LogP contribution >= 0.6 is 10.7 Å². The number of fused-ring (bicyclic) bond motifs is 1. The number of benzene rings is 1. The minimum Gasteiger partial charge on any atom is -0.212 e. The van der Waals surface area contributed by atoms with Crippen molar-refractivity contribution in [3.63, 3.8) is 0 Å². The minimum absolute atomic E-state index is 0.0748. The van der Waals surface area contributed by atoms with Gasteiger partial charge in [-0.3, -0.25) is 0 Å². The summed E-state index contributed by atoms with van der Waals surface area (Å²) in [4.78, 5) is 0. The summed E-state index contributed by atoms with van der Waals surface area (Å²) in [6.07, 6.45) is 3.51. The second kappa shape index (κ2) is 4.38. The predicted octanol–water partition coefficient (Wildman–Crippen LogP) is 3.20. The average Bonchev–Trinajstić information content (AvgIpc) is 2.17. The van der Waals surface area contributed by atoms with Crippen molar-refractivity contribution in [3.8, 4) is 0 Å². The highest BCUT2D eigenvalue weighted by molar-refractivity contribution is 8.13. The molecule has 1 atom stereocenters. The lowest BCUT2D eigenvalue weighted by Gasteiger charge is -2.22. The molecule has 0 bridgehead atoms. The van der Waals surface area contributed by atoms with Gasteiger partial charge in [0.1, 0.15) is 0 Å². The van der Waals surface area contributed by atoms with Crippen molar-refractivity contribution in [2.75, 3.05) is 0 Å². The quantitative estimate of drug-likeness (QED) is 0.764. The van der Waals surface area contributed by atoms with Crippen molar-refractivity contribution in [1.82, 2.24) is 0 Å². The lowest BCUT2D eigenvalue weighted by Crippen LogP contribution is -2.08. The number of hydrogen-bond acceptors (Lipinski definition) is 2. The summed E-state index contributed by atoms with van der Waals surface area (Å²) >= 11 is 0. The van der Waals surface area contributed by atoms with Crippen LogP contribution in [0.2, 0.25) is 0 Å². The molecule has 2 nitrogen and oxygen atoms in total. The maximum atomic E-state index is 11.0. The van der Waals surface area contributed by atoms with Crippen LogP contribution in [0.4, 0.5) is 0 Å². The molecule has 1 unspecified atom stereocenters. The van der Waals surface area contributed by atoms with E-state index in [0.29, 0.717) is 5.92 Å². The van der Waals surface area contributed by atoms with Crippen molar-refractivity contribution in [1.29, 1.82) is 0 Å². The van der Waals surface area contributed by atoms with Crippen molar-refractivity contribution in [3.05, 3.63) is 34.9 Å². The second-order valence-electron chi connectivity index (χ2n) is 4.51. The third-order valence-corrected chi connectivity index (χ3v) is 4.17. The Morgan fingerprint density at radius 2 is 2.19 bits per heavy atom. The average molecular weight is 259 g/mol. The molecular formula is C12H15ClO2S. The smallest absolute Gasteiger partial charge is 0.212 e. The molecule has 16 heavy (non-hydrogen) atoms. The Hall–Kier alpha value is -0.540. The van der Waals surface area contributed by atoms with Crippen molar-refractivity contribution in [2.24, 2.45) is 0 Å². The normalized spacial score (nSPS) is 20.5. The zero-order chi connectivity index (χ0) is 11.8. The Morgan fingerprint density at radius 1 is 1.44 bits per heavy atom. The second-order valence-corrected chi connectivity index (χ2v) is 7.29. The standard InChI is InChI=1S/C12H15ClO2S/c1-9-3-2-4-11-6-5-10(7-12(9)11)8-16(13,14)15/h5-7,9H,2-4,8H2,1H3. The van der Waals surface area contributed by atoms with E-state index in [1.54, 1.807) is 0 Å². The van der Waals surface area contributed by atoms with E-state index in [1.165, 1.54) is 24.0 Å². The first kappa shape index (κ1) is 11.9. The fourth-order valence-corrected chi connectivity index (χ4v) is 3.33. The monoisotopic (exact) mass is 258 g/mol. The summed E-state index contributed by atoms with van der Waals surface area (Å²) < 4.78 is 22.0. The highest BCUT2D eigenvalue weighted by Gasteiger charge is 2.17. The van der Waals surface area contributed by atoms with E-state index in [9.17, 15) is 8.42 Å². The van der Waals surface area contributed by atoms with Crippen LogP contribution in [-0.2, 0) is 21.2 Å². The first-order chi connectivity index (χ1) is 7.46. The third kappa shape index (κ3) is 2.77. The summed E-state index contributed by atoms with van der Waals surface area (Å²) in [6, 6.07) is 5.91. The Balaban J connectivity index is 2.34. The molecule has 0 fully saturated rings. The van der Waals surface area contributed by atoms with E-state index in [1.807, 2.05) is 18.2 Å². The fraction of sp³-hybridized carbons (Fsp3) is 0.500. The summed E-state index contributed by atoms with van der Waals surface area (Å²) in [6.45, 7) is 2.19. The first-order valence-electron chi connectivity index (χ1n) is 5.50. The summed E-state index contributed by atoms with van der Waals surface area (Å²) in [5.74, 6) is 0.455. The van der Waals surface area contributed by atoms with Crippen molar-refractivity contribution >= 4 is 19.7 Å².